The highest BCUT2D eigenvalue weighted by Gasteiger charge is 2.70. The normalized spacial score (nSPS) is 67.9. The lowest BCUT2D eigenvalue weighted by atomic mass is 9.34. The second kappa shape index (κ2) is 3.59. The molecule has 0 spiro atoms. The summed E-state index contributed by atoms with van der Waals surface area (Å²) in [6, 6.07) is 0. The largest absolute Gasteiger partial charge is 0.244 e. The fraction of sp³-hybridized carbons (Fsp3) is 1.00. The van der Waals surface area contributed by atoms with Crippen LogP contribution in [0.5, 0.6) is 0 Å². The molecule has 22 heavy (non-hydrogen) atoms. The molecule has 0 N–H and O–H groups in total. The van der Waals surface area contributed by atoms with E-state index in [1.54, 1.807) is 0 Å². The average molecular weight is 306 g/mol. The van der Waals surface area contributed by atoms with E-state index in [9.17, 15) is 0 Å². The Kier molecular flexibility index (Phi) is 2.15. The average Bonchev–Trinajstić information content (AvgIpc) is 2.31. The van der Waals surface area contributed by atoms with Gasteiger partial charge < -0.3 is 0 Å². The summed E-state index contributed by atoms with van der Waals surface area (Å²) in [6.45, 7) is 0. The Morgan fingerprint density at radius 1 is 0.500 bits per heavy atom. The molecule has 122 valence electrons. The van der Waals surface area contributed by atoms with Gasteiger partial charge in [0.1, 0.15) is 11.3 Å². The van der Waals surface area contributed by atoms with Crippen LogP contribution in [0.25, 0.3) is 0 Å². The quantitative estimate of drug-likeness (QED) is 0.591. The Hall–Kier alpha value is -0.140. The molecule has 0 heterocycles. The Labute approximate surface area is 132 Å². The third-order valence-corrected chi connectivity index (χ3v) is 9.10. The molecule has 0 amide bonds. The molecule has 4 unspecified atom stereocenters. The highest BCUT2D eigenvalue weighted by atomic mass is 19.1. The van der Waals surface area contributed by atoms with E-state index in [4.69, 9.17) is 0 Å². The van der Waals surface area contributed by atoms with Gasteiger partial charge in [0.05, 0.1) is 0 Å². The van der Waals surface area contributed by atoms with Crippen molar-refractivity contribution < 1.29 is 8.78 Å². The number of halogens is 2. The molecule has 0 saturated heterocycles. The molecule has 0 aromatic carbocycles. The Bertz CT molecular complexity index is 462. The van der Waals surface area contributed by atoms with Crippen molar-refractivity contribution in [3.05, 3.63) is 0 Å². The summed E-state index contributed by atoms with van der Waals surface area (Å²) >= 11 is 0. The number of hydrogen-bond acceptors (Lipinski definition) is 0. The Morgan fingerprint density at radius 3 is 1.09 bits per heavy atom. The summed E-state index contributed by atoms with van der Waals surface area (Å²) in [7, 11) is 0. The summed E-state index contributed by atoms with van der Waals surface area (Å²) in [5.74, 6) is 2.48. The van der Waals surface area contributed by atoms with E-state index < -0.39 is 11.3 Å². The summed E-state index contributed by atoms with van der Waals surface area (Å²) in [4.78, 5) is 0. The van der Waals surface area contributed by atoms with E-state index >= 15 is 8.78 Å². The molecule has 2 heteroatoms. The first-order valence-corrected chi connectivity index (χ1v) is 9.77. The predicted octanol–water partition coefficient (Wildman–Crippen LogP) is 5.60. The Balaban J connectivity index is 1.46. The topological polar surface area (TPSA) is 0 Å². The lowest BCUT2D eigenvalue weighted by Gasteiger charge is -2.71. The third-order valence-electron chi connectivity index (χ3n) is 9.10. The molecule has 8 rings (SSSR count). The van der Waals surface area contributed by atoms with Gasteiger partial charge in [-0.15, -0.1) is 0 Å². The maximum atomic E-state index is 15.4. The molecule has 8 aliphatic carbocycles. The fourth-order valence-corrected chi connectivity index (χ4v) is 9.54. The SMILES string of the molecule is FC12CC3CC(C1)CC(C14CC5CC(CC(F)(C5)C1)C4)(C3)C2. The predicted molar refractivity (Wildman–Crippen MR) is 81.9 cm³/mol. The molecule has 4 atom stereocenters. The van der Waals surface area contributed by atoms with Crippen LogP contribution in [-0.2, 0) is 0 Å². The molecule has 0 aromatic heterocycles. The van der Waals surface area contributed by atoms with Crippen LogP contribution >= 0.6 is 0 Å². The molecule has 8 saturated carbocycles. The van der Waals surface area contributed by atoms with Crippen molar-refractivity contribution >= 4 is 0 Å². The van der Waals surface area contributed by atoms with Gasteiger partial charge in [0.15, 0.2) is 0 Å². The first-order chi connectivity index (χ1) is 10.4. The summed E-state index contributed by atoms with van der Waals surface area (Å²) in [6.07, 6.45) is 12.4. The monoisotopic (exact) mass is 306 g/mol. The maximum Gasteiger partial charge on any atom is 0.112 e. The minimum atomic E-state index is -0.878. The third kappa shape index (κ3) is 1.49. The standard InChI is InChI=1S/C20H28F2/c21-19-7-13-1-14(8-19)4-17(3-13,11-19)18-5-15-2-16(6-18)10-20(22,9-15)12-18/h13-16H,1-12H2. The highest BCUT2D eigenvalue weighted by molar-refractivity contribution is 5.20. The van der Waals surface area contributed by atoms with Gasteiger partial charge in [-0.1, -0.05) is 0 Å². The van der Waals surface area contributed by atoms with Crippen LogP contribution in [0.3, 0.4) is 0 Å². The number of hydrogen-bond donors (Lipinski definition) is 0. The summed E-state index contributed by atoms with van der Waals surface area (Å²) in [5.41, 5.74) is -1.39. The van der Waals surface area contributed by atoms with Gasteiger partial charge in [0.25, 0.3) is 0 Å². The first-order valence-electron chi connectivity index (χ1n) is 9.77. The highest BCUT2D eigenvalue weighted by Crippen LogP contribution is 2.76. The molecule has 0 aliphatic heterocycles. The maximum absolute atomic E-state index is 15.4. The zero-order chi connectivity index (χ0) is 14.8. The van der Waals surface area contributed by atoms with Crippen molar-refractivity contribution in [2.24, 2.45) is 34.5 Å². The van der Waals surface area contributed by atoms with Crippen molar-refractivity contribution in [1.82, 2.24) is 0 Å². The van der Waals surface area contributed by atoms with Gasteiger partial charge in [-0.05, 0) is 112 Å². The molecule has 8 aliphatic rings. The number of rotatable bonds is 1. The van der Waals surface area contributed by atoms with Crippen LogP contribution in [0.1, 0.15) is 77.0 Å². The van der Waals surface area contributed by atoms with Crippen LogP contribution < -0.4 is 0 Å². The molecule has 0 aromatic rings. The van der Waals surface area contributed by atoms with E-state index in [2.05, 4.69) is 0 Å². The van der Waals surface area contributed by atoms with Gasteiger partial charge in [0, 0.05) is 0 Å². The van der Waals surface area contributed by atoms with E-state index in [1.807, 2.05) is 0 Å². The first kappa shape index (κ1) is 13.2. The van der Waals surface area contributed by atoms with Crippen LogP contribution in [0.15, 0.2) is 0 Å². The minimum Gasteiger partial charge on any atom is -0.244 e. The van der Waals surface area contributed by atoms with Gasteiger partial charge in [-0.3, -0.25) is 0 Å². The smallest absolute Gasteiger partial charge is 0.112 e. The van der Waals surface area contributed by atoms with Gasteiger partial charge in [-0.25, -0.2) is 8.78 Å². The van der Waals surface area contributed by atoms with Crippen molar-refractivity contribution in [2.45, 2.75) is 88.4 Å². The van der Waals surface area contributed by atoms with Crippen molar-refractivity contribution in [2.75, 3.05) is 0 Å². The van der Waals surface area contributed by atoms with Crippen LogP contribution in [-0.4, -0.2) is 11.3 Å². The zero-order valence-electron chi connectivity index (χ0n) is 13.6. The molecule has 8 bridgehead atoms. The van der Waals surface area contributed by atoms with E-state index in [1.165, 1.54) is 38.5 Å². The number of alkyl halides is 2. The Morgan fingerprint density at radius 2 is 0.818 bits per heavy atom. The zero-order valence-corrected chi connectivity index (χ0v) is 13.6. The minimum absolute atomic E-state index is 0.181. The molecule has 8 fully saturated rings. The molecule has 0 nitrogen and oxygen atoms in total. The van der Waals surface area contributed by atoms with Crippen molar-refractivity contribution in [3.8, 4) is 0 Å². The fourth-order valence-electron chi connectivity index (χ4n) is 9.54. The molecular formula is C20H28F2. The second-order valence-electron chi connectivity index (χ2n) is 10.8. The van der Waals surface area contributed by atoms with Gasteiger partial charge >= 0.3 is 0 Å². The molecular weight excluding hydrogens is 278 g/mol. The van der Waals surface area contributed by atoms with Crippen molar-refractivity contribution in [1.29, 1.82) is 0 Å². The van der Waals surface area contributed by atoms with E-state index in [0.717, 1.165) is 38.5 Å². The van der Waals surface area contributed by atoms with Crippen LogP contribution in [0.4, 0.5) is 8.78 Å². The van der Waals surface area contributed by atoms with Gasteiger partial charge in [0.2, 0.25) is 0 Å². The molecule has 0 radical (unpaired) electrons. The van der Waals surface area contributed by atoms with Gasteiger partial charge in [-0.2, -0.15) is 0 Å². The lowest BCUT2D eigenvalue weighted by molar-refractivity contribution is -0.241. The lowest BCUT2D eigenvalue weighted by Crippen LogP contribution is -2.65. The van der Waals surface area contributed by atoms with E-state index in [0.29, 0.717) is 23.7 Å². The summed E-state index contributed by atoms with van der Waals surface area (Å²) in [5, 5.41) is 0. The van der Waals surface area contributed by atoms with Crippen LogP contribution in [0, 0.1) is 34.5 Å². The second-order valence-corrected chi connectivity index (χ2v) is 10.8. The van der Waals surface area contributed by atoms with Crippen LogP contribution in [0.2, 0.25) is 0 Å². The van der Waals surface area contributed by atoms with E-state index in [-0.39, 0.29) is 10.8 Å². The summed E-state index contributed by atoms with van der Waals surface area (Å²) < 4.78 is 30.8. The van der Waals surface area contributed by atoms with Crippen molar-refractivity contribution in [3.63, 3.8) is 0 Å².